The van der Waals surface area contributed by atoms with E-state index in [1.54, 1.807) is 11.4 Å². The number of rotatable bonds is 5. The lowest BCUT2D eigenvalue weighted by Crippen LogP contribution is -2.16. The number of hydrogen-bond acceptors (Lipinski definition) is 3. The normalized spacial score (nSPS) is 10.9. The Hall–Kier alpha value is -3.36. The van der Waals surface area contributed by atoms with E-state index in [0.29, 0.717) is 5.75 Å². The molecule has 1 heterocycles. The summed E-state index contributed by atoms with van der Waals surface area (Å²) in [6.45, 7) is 3.82. The third-order valence-electron chi connectivity index (χ3n) is 4.19. The molecule has 29 heavy (non-hydrogen) atoms. The van der Waals surface area contributed by atoms with Crippen LogP contribution in [0.15, 0.2) is 34.7 Å². The number of anilines is 1. The maximum Gasteiger partial charge on any atom is 0.291 e. The molecular formula is C20H14F5NO3. The molecule has 0 bridgehead atoms. The fourth-order valence-electron chi connectivity index (χ4n) is 2.43. The molecule has 0 atom stereocenters. The maximum absolute atomic E-state index is 13.7. The summed E-state index contributed by atoms with van der Waals surface area (Å²) in [5.41, 5.74) is 0.642. The zero-order valence-electron chi connectivity index (χ0n) is 15.2. The van der Waals surface area contributed by atoms with Crippen LogP contribution >= 0.6 is 0 Å². The van der Waals surface area contributed by atoms with E-state index in [9.17, 15) is 26.7 Å². The first kappa shape index (κ1) is 20.4. The predicted octanol–water partition coefficient (Wildman–Crippen LogP) is 5.42. The van der Waals surface area contributed by atoms with E-state index in [1.165, 1.54) is 12.1 Å². The second-order valence-electron chi connectivity index (χ2n) is 6.20. The van der Waals surface area contributed by atoms with E-state index in [1.807, 2.05) is 26.0 Å². The first-order chi connectivity index (χ1) is 13.7. The molecule has 0 radical (unpaired) electrons. The molecule has 0 fully saturated rings. The van der Waals surface area contributed by atoms with Crippen LogP contribution < -0.4 is 10.1 Å². The van der Waals surface area contributed by atoms with E-state index in [0.717, 1.165) is 11.1 Å². The Balaban J connectivity index is 1.72. The van der Waals surface area contributed by atoms with Gasteiger partial charge in [0.15, 0.2) is 29.0 Å². The van der Waals surface area contributed by atoms with Crippen LogP contribution in [0.2, 0.25) is 0 Å². The maximum atomic E-state index is 13.7. The molecule has 152 valence electrons. The van der Waals surface area contributed by atoms with Crippen LogP contribution in [-0.2, 0) is 6.61 Å². The molecule has 0 spiro atoms. The molecule has 4 nitrogen and oxygen atoms in total. The zero-order chi connectivity index (χ0) is 21.3. The van der Waals surface area contributed by atoms with Gasteiger partial charge in [-0.1, -0.05) is 6.07 Å². The first-order valence-corrected chi connectivity index (χ1v) is 8.30. The van der Waals surface area contributed by atoms with Gasteiger partial charge in [-0.3, -0.25) is 4.79 Å². The van der Waals surface area contributed by atoms with Crippen molar-refractivity contribution >= 4 is 11.6 Å². The van der Waals surface area contributed by atoms with Crippen LogP contribution in [0.3, 0.4) is 0 Å². The van der Waals surface area contributed by atoms with Crippen LogP contribution in [0, 0.1) is 42.9 Å². The van der Waals surface area contributed by atoms with Crippen molar-refractivity contribution in [3.63, 3.8) is 0 Å². The number of ether oxygens (including phenoxy) is 1. The second-order valence-corrected chi connectivity index (χ2v) is 6.20. The number of hydrogen-bond donors (Lipinski definition) is 1. The van der Waals surface area contributed by atoms with Gasteiger partial charge in [-0.25, -0.2) is 22.0 Å². The van der Waals surface area contributed by atoms with Gasteiger partial charge in [-0.05, 0) is 49.2 Å². The molecule has 9 heteroatoms. The molecule has 1 aromatic heterocycles. The van der Waals surface area contributed by atoms with Crippen LogP contribution in [0.1, 0.15) is 27.4 Å². The quantitative estimate of drug-likeness (QED) is 0.346. The minimum atomic E-state index is -2.32. The van der Waals surface area contributed by atoms with Gasteiger partial charge < -0.3 is 14.5 Å². The largest absolute Gasteiger partial charge is 0.486 e. The average Bonchev–Trinajstić information content (AvgIpc) is 3.18. The number of benzene rings is 2. The van der Waals surface area contributed by atoms with Crippen LogP contribution in [0.25, 0.3) is 0 Å². The summed E-state index contributed by atoms with van der Waals surface area (Å²) in [6, 6.07) is 8.00. The number of nitrogens with one attached hydrogen (secondary N) is 1. The van der Waals surface area contributed by atoms with Gasteiger partial charge in [0.25, 0.3) is 5.91 Å². The Labute approximate surface area is 161 Å². The van der Waals surface area contributed by atoms with Crippen LogP contribution in [0.5, 0.6) is 5.75 Å². The monoisotopic (exact) mass is 411 g/mol. The van der Waals surface area contributed by atoms with Gasteiger partial charge in [0.1, 0.15) is 23.8 Å². The minimum absolute atomic E-state index is 0.0433. The molecule has 1 N–H and O–H groups in total. The molecule has 0 saturated carbocycles. The first-order valence-electron chi connectivity index (χ1n) is 8.30. The predicted molar refractivity (Wildman–Crippen MR) is 93.1 cm³/mol. The van der Waals surface area contributed by atoms with Crippen LogP contribution in [-0.4, -0.2) is 5.91 Å². The zero-order valence-corrected chi connectivity index (χ0v) is 15.2. The highest BCUT2D eigenvalue weighted by molar-refractivity contribution is 6.02. The van der Waals surface area contributed by atoms with E-state index in [2.05, 4.69) is 0 Å². The molecule has 3 aromatic rings. The molecular weight excluding hydrogens is 397 g/mol. The fourth-order valence-corrected chi connectivity index (χ4v) is 2.43. The van der Waals surface area contributed by atoms with Crippen molar-refractivity contribution in [3.8, 4) is 5.75 Å². The van der Waals surface area contributed by atoms with Gasteiger partial charge in [0.05, 0.1) is 0 Å². The topological polar surface area (TPSA) is 51.5 Å². The highest BCUT2D eigenvalue weighted by atomic mass is 19.2. The molecule has 2 aromatic carbocycles. The Morgan fingerprint density at radius 2 is 1.52 bits per heavy atom. The Morgan fingerprint density at radius 3 is 2.14 bits per heavy atom. The molecule has 0 unspecified atom stereocenters. The number of furan rings is 1. The summed E-state index contributed by atoms with van der Waals surface area (Å²) in [6.07, 6.45) is 0. The van der Waals surface area contributed by atoms with Crippen molar-refractivity contribution in [3.05, 3.63) is 82.1 Å². The standard InChI is InChI=1S/C20H14F5NO3/c1-9-3-4-11(7-10(9)2)28-8-12-5-6-13(29-12)20(27)26-19-17(24)15(22)14(21)16(23)18(19)25/h3-7H,8H2,1-2H3,(H,26,27). The summed E-state index contributed by atoms with van der Waals surface area (Å²) in [7, 11) is 0. The van der Waals surface area contributed by atoms with Crippen molar-refractivity contribution < 1.29 is 35.9 Å². The summed E-state index contributed by atoms with van der Waals surface area (Å²) < 4.78 is 77.6. The third kappa shape index (κ3) is 4.08. The average molecular weight is 411 g/mol. The summed E-state index contributed by atoms with van der Waals surface area (Å²) >= 11 is 0. The lowest BCUT2D eigenvalue weighted by molar-refractivity contribution is 0.0991. The number of amides is 1. The van der Waals surface area contributed by atoms with Gasteiger partial charge in [-0.15, -0.1) is 0 Å². The van der Waals surface area contributed by atoms with Gasteiger partial charge in [-0.2, -0.15) is 0 Å². The lowest BCUT2D eigenvalue weighted by Gasteiger charge is -2.09. The van der Waals surface area contributed by atoms with Crippen LogP contribution in [0.4, 0.5) is 27.6 Å². The summed E-state index contributed by atoms with van der Waals surface area (Å²) in [5.74, 6) is -11.8. The van der Waals surface area contributed by atoms with Crippen molar-refractivity contribution in [1.82, 2.24) is 0 Å². The highest BCUT2D eigenvalue weighted by Gasteiger charge is 2.27. The van der Waals surface area contributed by atoms with E-state index < -0.39 is 46.4 Å². The second kappa shape index (κ2) is 7.94. The molecule has 0 aliphatic rings. The third-order valence-corrected chi connectivity index (χ3v) is 4.19. The highest BCUT2D eigenvalue weighted by Crippen LogP contribution is 2.27. The molecule has 0 saturated heterocycles. The van der Waals surface area contributed by atoms with E-state index in [4.69, 9.17) is 9.15 Å². The van der Waals surface area contributed by atoms with Crippen molar-refractivity contribution in [2.24, 2.45) is 0 Å². The molecule has 3 rings (SSSR count). The number of aryl methyl sites for hydroxylation is 2. The Kier molecular flexibility index (Phi) is 5.58. The van der Waals surface area contributed by atoms with E-state index in [-0.39, 0.29) is 12.4 Å². The van der Waals surface area contributed by atoms with Gasteiger partial charge in [0.2, 0.25) is 5.82 Å². The number of halogens is 5. The Morgan fingerprint density at radius 1 is 0.897 bits per heavy atom. The van der Waals surface area contributed by atoms with Crippen molar-refractivity contribution in [2.75, 3.05) is 5.32 Å². The minimum Gasteiger partial charge on any atom is -0.486 e. The van der Waals surface area contributed by atoms with Crippen molar-refractivity contribution in [1.29, 1.82) is 0 Å². The van der Waals surface area contributed by atoms with E-state index >= 15 is 0 Å². The summed E-state index contributed by atoms with van der Waals surface area (Å²) in [5, 5.41) is 1.63. The lowest BCUT2D eigenvalue weighted by atomic mass is 10.1. The van der Waals surface area contributed by atoms with Crippen molar-refractivity contribution in [2.45, 2.75) is 20.5 Å². The van der Waals surface area contributed by atoms with Gasteiger partial charge >= 0.3 is 0 Å². The smallest absolute Gasteiger partial charge is 0.291 e. The summed E-state index contributed by atoms with van der Waals surface area (Å²) in [4.78, 5) is 12.1. The SMILES string of the molecule is Cc1ccc(OCc2ccc(C(=O)Nc3c(F)c(F)c(F)c(F)c3F)o2)cc1C. The molecule has 0 aliphatic carbocycles. The molecule has 0 aliphatic heterocycles. The Bertz CT molecular complexity index is 1060. The van der Waals surface area contributed by atoms with Gasteiger partial charge in [0, 0.05) is 0 Å². The number of carbonyl (C=O) groups excluding carboxylic acids is 1. The number of carbonyl (C=O) groups is 1. The fraction of sp³-hybridized carbons (Fsp3) is 0.150. The molecule has 1 amide bonds.